The van der Waals surface area contributed by atoms with Gasteiger partial charge in [0.2, 0.25) is 0 Å². The zero-order chi connectivity index (χ0) is 5.11. The average Bonchev–Trinajstić information content (AvgIpc) is 2.14. The van der Waals surface area contributed by atoms with Crippen molar-refractivity contribution < 1.29 is 4.43 Å². The second-order valence-electron chi connectivity index (χ2n) is 2.14. The zero-order valence-corrected chi connectivity index (χ0v) is 6.81. The average molecular weight is 116 g/mol. The predicted octanol–water partition coefficient (Wildman–Crippen LogP) is 0.226. The topological polar surface area (TPSA) is 9.23 Å². The van der Waals surface area contributed by atoms with E-state index in [2.05, 4.69) is 0 Å². The molecule has 1 fully saturated rings. The fourth-order valence-electron chi connectivity index (χ4n) is 1.12. The van der Waals surface area contributed by atoms with Crippen molar-refractivity contribution in [3.8, 4) is 0 Å². The summed E-state index contributed by atoms with van der Waals surface area (Å²) in [6.45, 7) is 0. The zero-order valence-electron chi connectivity index (χ0n) is 4.81. The van der Waals surface area contributed by atoms with Crippen molar-refractivity contribution in [1.82, 2.24) is 0 Å². The normalized spacial score (nSPS) is 24.0. The summed E-state index contributed by atoms with van der Waals surface area (Å²) < 4.78 is 5.25. The molecule has 0 spiro atoms. The Morgan fingerprint density at radius 1 is 1.29 bits per heavy atom. The van der Waals surface area contributed by atoms with E-state index < -0.39 is 0 Å². The van der Waals surface area contributed by atoms with Crippen molar-refractivity contribution in [3.63, 3.8) is 0 Å². The molecule has 0 heterocycles. The van der Waals surface area contributed by atoms with Gasteiger partial charge in [-0.3, -0.25) is 0 Å². The Bertz CT molecular complexity index is 50.0. The summed E-state index contributed by atoms with van der Waals surface area (Å²) in [6.07, 6.45) is 6.10. The minimum Gasteiger partial charge on any atom is -0.425 e. The van der Waals surface area contributed by atoms with Gasteiger partial charge >= 0.3 is 0 Å². The molecule has 2 heteroatoms. The first-order valence-electron chi connectivity index (χ1n) is 2.96. The van der Waals surface area contributed by atoms with Gasteiger partial charge in [0.15, 0.2) is 0 Å². The summed E-state index contributed by atoms with van der Waals surface area (Å²) in [5.41, 5.74) is 0. The molecule has 0 unspecified atom stereocenters. The fraction of sp³-hybridized carbons (Fsp3) is 1.00. The molecule has 0 radical (unpaired) electrons. The van der Waals surface area contributed by atoms with Crippen molar-refractivity contribution >= 4 is 10.5 Å². The van der Waals surface area contributed by atoms with E-state index in [9.17, 15) is 0 Å². The van der Waals surface area contributed by atoms with Crippen molar-refractivity contribution in [3.05, 3.63) is 0 Å². The Morgan fingerprint density at radius 3 is 2.14 bits per heavy atom. The van der Waals surface area contributed by atoms with Crippen molar-refractivity contribution in [2.24, 2.45) is 0 Å². The van der Waals surface area contributed by atoms with Crippen LogP contribution in [0.2, 0.25) is 0 Å². The van der Waals surface area contributed by atoms with Gasteiger partial charge in [0, 0.05) is 6.10 Å². The molecule has 1 nitrogen and oxygen atoms in total. The molecule has 0 N–H and O–H groups in total. The molecule has 0 amide bonds. The monoisotopic (exact) mass is 116 g/mol. The molecule has 7 heavy (non-hydrogen) atoms. The maximum absolute atomic E-state index is 5.25. The summed E-state index contributed by atoms with van der Waals surface area (Å²) in [5, 5.41) is 0. The Balaban J connectivity index is 2.14. The Labute approximate surface area is 47.6 Å². The first kappa shape index (κ1) is 5.32. The van der Waals surface area contributed by atoms with Crippen LogP contribution in [0.3, 0.4) is 0 Å². The van der Waals surface area contributed by atoms with Crippen molar-refractivity contribution in [2.75, 3.05) is 0 Å². The summed E-state index contributed by atoms with van der Waals surface area (Å²) in [6, 6.07) is 0. The van der Waals surface area contributed by atoms with E-state index in [1.807, 2.05) is 0 Å². The van der Waals surface area contributed by atoms with Gasteiger partial charge in [0.05, 0.1) is 0 Å². The van der Waals surface area contributed by atoms with E-state index in [0.717, 1.165) is 10.5 Å². The van der Waals surface area contributed by atoms with Crippen molar-refractivity contribution in [1.29, 1.82) is 0 Å². The van der Waals surface area contributed by atoms with Crippen LogP contribution in [0.25, 0.3) is 0 Å². The summed E-state index contributed by atoms with van der Waals surface area (Å²) >= 11 is 0. The van der Waals surface area contributed by atoms with Crippen LogP contribution in [-0.2, 0) is 4.43 Å². The molecule has 1 rings (SSSR count). The van der Waals surface area contributed by atoms with Crippen LogP contribution in [0.15, 0.2) is 0 Å². The molecule has 0 atom stereocenters. The molecule has 1 saturated carbocycles. The van der Waals surface area contributed by atoms with Gasteiger partial charge < -0.3 is 4.43 Å². The van der Waals surface area contributed by atoms with Crippen LogP contribution < -0.4 is 0 Å². The van der Waals surface area contributed by atoms with E-state index in [-0.39, 0.29) is 0 Å². The largest absolute Gasteiger partial charge is 0.425 e. The Kier molecular flexibility index (Phi) is 1.88. The van der Waals surface area contributed by atoms with Gasteiger partial charge in [-0.25, -0.2) is 0 Å². The molecule has 0 aromatic heterocycles. The van der Waals surface area contributed by atoms with Crippen LogP contribution in [0, 0.1) is 0 Å². The van der Waals surface area contributed by atoms with Gasteiger partial charge in [0.1, 0.15) is 10.5 Å². The standard InChI is InChI=1S/C5H12OSi/c7-6-5-3-1-2-4-5/h5H,1-4H2,7H3. The highest BCUT2D eigenvalue weighted by Crippen LogP contribution is 2.19. The first-order valence-corrected chi connectivity index (χ1v) is 3.78. The van der Waals surface area contributed by atoms with Crippen LogP contribution >= 0.6 is 0 Å². The van der Waals surface area contributed by atoms with E-state index in [4.69, 9.17) is 4.43 Å². The third-order valence-electron chi connectivity index (χ3n) is 1.64. The minimum atomic E-state index is 0.659. The summed E-state index contributed by atoms with van der Waals surface area (Å²) in [5.74, 6) is 0. The lowest BCUT2D eigenvalue weighted by atomic mass is 10.3. The number of hydrogen-bond acceptors (Lipinski definition) is 1. The summed E-state index contributed by atoms with van der Waals surface area (Å²) in [7, 11) is 0.932. The van der Waals surface area contributed by atoms with Gasteiger partial charge in [-0.1, -0.05) is 12.8 Å². The number of rotatable bonds is 1. The predicted molar refractivity (Wildman–Crippen MR) is 33.3 cm³/mol. The lowest BCUT2D eigenvalue weighted by molar-refractivity contribution is 0.231. The van der Waals surface area contributed by atoms with Crippen molar-refractivity contribution in [2.45, 2.75) is 31.8 Å². The highest BCUT2D eigenvalue weighted by molar-refractivity contribution is 5.98. The highest BCUT2D eigenvalue weighted by Gasteiger charge is 2.11. The molecule has 0 aliphatic heterocycles. The molecule has 0 saturated heterocycles. The molecular formula is C5H12OSi. The van der Waals surface area contributed by atoms with Crippen LogP contribution in [0.4, 0.5) is 0 Å². The van der Waals surface area contributed by atoms with Crippen LogP contribution in [0.1, 0.15) is 25.7 Å². The third kappa shape index (κ3) is 1.28. The lowest BCUT2D eigenvalue weighted by Gasteiger charge is -2.03. The second-order valence-corrected chi connectivity index (χ2v) is 2.61. The number of hydrogen-bond donors (Lipinski definition) is 0. The highest BCUT2D eigenvalue weighted by atomic mass is 28.2. The van der Waals surface area contributed by atoms with E-state index >= 15 is 0 Å². The smallest absolute Gasteiger partial charge is 0.146 e. The second kappa shape index (κ2) is 2.48. The Morgan fingerprint density at radius 2 is 1.86 bits per heavy atom. The van der Waals surface area contributed by atoms with Crippen LogP contribution in [-0.4, -0.2) is 16.6 Å². The molecule has 1 aliphatic carbocycles. The van der Waals surface area contributed by atoms with E-state index in [1.165, 1.54) is 25.7 Å². The maximum Gasteiger partial charge on any atom is 0.146 e. The third-order valence-corrected chi connectivity index (χ3v) is 2.30. The van der Waals surface area contributed by atoms with E-state index in [0.29, 0.717) is 6.10 Å². The van der Waals surface area contributed by atoms with Gasteiger partial charge in [-0.05, 0) is 12.8 Å². The Hall–Kier alpha value is 0.177. The first-order chi connectivity index (χ1) is 3.43. The maximum atomic E-state index is 5.25. The van der Waals surface area contributed by atoms with E-state index in [1.54, 1.807) is 0 Å². The minimum absolute atomic E-state index is 0.659. The lowest BCUT2D eigenvalue weighted by Crippen LogP contribution is -2.02. The molecule has 42 valence electrons. The quantitative estimate of drug-likeness (QED) is 0.445. The fourth-order valence-corrected chi connectivity index (χ4v) is 1.60. The molecular weight excluding hydrogens is 104 g/mol. The molecule has 0 aromatic carbocycles. The van der Waals surface area contributed by atoms with Gasteiger partial charge in [0.25, 0.3) is 0 Å². The summed E-state index contributed by atoms with van der Waals surface area (Å²) in [4.78, 5) is 0. The van der Waals surface area contributed by atoms with Gasteiger partial charge in [-0.2, -0.15) is 0 Å². The van der Waals surface area contributed by atoms with Crippen LogP contribution in [0.5, 0.6) is 0 Å². The SMILES string of the molecule is [SiH3]OC1CCCC1. The molecule has 0 bridgehead atoms. The molecule has 1 aliphatic rings. The van der Waals surface area contributed by atoms with Gasteiger partial charge in [-0.15, -0.1) is 0 Å². The molecule has 0 aromatic rings.